The fraction of sp³-hybridized carbons (Fsp3) is 0.200. The molecule has 1 amide bonds. The highest BCUT2D eigenvalue weighted by Gasteiger charge is 2.19. The summed E-state index contributed by atoms with van der Waals surface area (Å²) < 4.78 is 5.66. The largest absolute Gasteiger partial charge is 0.431 e. The molecular weight excluding hydrogens is 332 g/mol. The van der Waals surface area contributed by atoms with Gasteiger partial charge >= 0.3 is 0 Å². The van der Waals surface area contributed by atoms with Crippen LogP contribution in [0, 0.1) is 0 Å². The zero-order valence-corrected chi connectivity index (χ0v) is 15.3. The van der Waals surface area contributed by atoms with Crippen molar-refractivity contribution in [3.63, 3.8) is 0 Å². The number of amides is 1. The van der Waals surface area contributed by atoms with E-state index in [2.05, 4.69) is 31.1 Å². The number of hydrogen-bond acceptors (Lipinski definition) is 4. The smallest absolute Gasteiger partial charge is 0.278 e. The molecule has 1 N–H and O–H groups in total. The summed E-state index contributed by atoms with van der Waals surface area (Å²) in [4.78, 5) is 16.8. The second kappa shape index (κ2) is 7.07. The van der Waals surface area contributed by atoms with Gasteiger partial charge in [0, 0.05) is 22.8 Å². The Kier molecular flexibility index (Phi) is 4.86. The van der Waals surface area contributed by atoms with Gasteiger partial charge in [-0.3, -0.25) is 4.79 Å². The Morgan fingerprint density at radius 2 is 1.92 bits per heavy atom. The van der Waals surface area contributed by atoms with Crippen molar-refractivity contribution in [1.29, 1.82) is 0 Å². The van der Waals surface area contributed by atoms with Crippen LogP contribution in [0.2, 0.25) is 0 Å². The summed E-state index contributed by atoms with van der Waals surface area (Å²) in [7, 11) is 0. The van der Waals surface area contributed by atoms with E-state index >= 15 is 0 Å². The highest BCUT2D eigenvalue weighted by Crippen LogP contribution is 2.30. The van der Waals surface area contributed by atoms with Gasteiger partial charge in [0.2, 0.25) is 0 Å². The van der Waals surface area contributed by atoms with Gasteiger partial charge in [-0.25, -0.2) is 4.98 Å². The predicted octanol–water partition coefficient (Wildman–Crippen LogP) is 5.49. The van der Waals surface area contributed by atoms with E-state index in [1.54, 1.807) is 30.5 Å². The summed E-state index contributed by atoms with van der Waals surface area (Å²) in [6, 6.07) is 15.0. The maximum atomic E-state index is 12.7. The molecule has 5 heteroatoms. The average molecular weight is 352 g/mol. The van der Waals surface area contributed by atoms with Crippen LogP contribution >= 0.6 is 11.3 Å². The van der Waals surface area contributed by atoms with Gasteiger partial charge in [-0.15, -0.1) is 0 Å². The number of carbonyl (C=O) groups is 1. The summed E-state index contributed by atoms with van der Waals surface area (Å²) in [6.07, 6.45) is 1.68. The molecule has 0 spiro atoms. The lowest BCUT2D eigenvalue weighted by atomic mass is 9.86. The van der Waals surface area contributed by atoms with E-state index in [4.69, 9.17) is 4.74 Å². The second-order valence-electron chi connectivity index (χ2n) is 6.68. The third-order valence-corrected chi connectivity index (χ3v) is 4.34. The van der Waals surface area contributed by atoms with E-state index in [1.165, 1.54) is 11.3 Å². The van der Waals surface area contributed by atoms with Crippen molar-refractivity contribution in [2.75, 3.05) is 5.32 Å². The van der Waals surface area contributed by atoms with Crippen LogP contribution < -0.4 is 10.1 Å². The summed E-state index contributed by atoms with van der Waals surface area (Å²) >= 11 is 1.41. The van der Waals surface area contributed by atoms with Gasteiger partial charge in [-0.2, -0.15) is 0 Å². The molecule has 0 aliphatic rings. The molecule has 3 rings (SSSR count). The zero-order valence-electron chi connectivity index (χ0n) is 14.4. The third-order valence-electron chi connectivity index (χ3n) is 3.69. The molecule has 0 unspecified atom stereocenters. The number of para-hydroxylation sites is 1. The van der Waals surface area contributed by atoms with Gasteiger partial charge < -0.3 is 10.1 Å². The van der Waals surface area contributed by atoms with Crippen LogP contribution in [-0.4, -0.2) is 10.9 Å². The minimum atomic E-state index is -0.165. The van der Waals surface area contributed by atoms with E-state index in [1.807, 2.05) is 29.6 Å². The predicted molar refractivity (Wildman–Crippen MR) is 102 cm³/mol. The standard InChI is InChI=1S/C20H20N2O2S/c1-20(2,3)16-9-4-5-10-17(16)22-18(23)14-7-6-8-15(13-14)24-19-21-11-12-25-19/h4-13H,1-3H3,(H,22,23). The first-order valence-corrected chi connectivity index (χ1v) is 8.90. The average Bonchev–Trinajstić information content (AvgIpc) is 3.07. The fourth-order valence-corrected chi connectivity index (χ4v) is 3.01. The minimum absolute atomic E-state index is 0.0559. The summed E-state index contributed by atoms with van der Waals surface area (Å²) in [6.45, 7) is 6.38. The molecule has 0 atom stereocenters. The Balaban J connectivity index is 1.81. The molecule has 0 saturated heterocycles. The van der Waals surface area contributed by atoms with Gasteiger partial charge in [-0.05, 0) is 35.2 Å². The molecule has 0 bridgehead atoms. The number of thiazole rings is 1. The fourth-order valence-electron chi connectivity index (χ4n) is 2.50. The number of ether oxygens (including phenoxy) is 1. The number of hydrogen-bond donors (Lipinski definition) is 1. The Bertz CT molecular complexity index is 867. The van der Waals surface area contributed by atoms with Crippen molar-refractivity contribution >= 4 is 22.9 Å². The van der Waals surface area contributed by atoms with Crippen LogP contribution in [0.4, 0.5) is 5.69 Å². The highest BCUT2D eigenvalue weighted by atomic mass is 32.1. The van der Waals surface area contributed by atoms with Gasteiger partial charge in [0.1, 0.15) is 5.75 Å². The molecule has 128 valence electrons. The molecule has 0 saturated carbocycles. The molecular formula is C20H20N2O2S. The number of aromatic nitrogens is 1. The van der Waals surface area contributed by atoms with Crippen molar-refractivity contribution in [2.45, 2.75) is 26.2 Å². The second-order valence-corrected chi connectivity index (χ2v) is 7.53. The van der Waals surface area contributed by atoms with Crippen LogP contribution in [0.25, 0.3) is 0 Å². The van der Waals surface area contributed by atoms with E-state index in [0.29, 0.717) is 16.5 Å². The highest BCUT2D eigenvalue weighted by molar-refractivity contribution is 7.11. The van der Waals surface area contributed by atoms with Crippen molar-refractivity contribution < 1.29 is 9.53 Å². The van der Waals surface area contributed by atoms with Crippen molar-refractivity contribution in [2.24, 2.45) is 0 Å². The summed E-state index contributed by atoms with van der Waals surface area (Å²) in [5, 5.41) is 5.41. The maximum Gasteiger partial charge on any atom is 0.278 e. The summed E-state index contributed by atoms with van der Waals surface area (Å²) in [5.41, 5.74) is 2.40. The molecule has 2 aromatic carbocycles. The van der Waals surface area contributed by atoms with Crippen LogP contribution in [0.15, 0.2) is 60.1 Å². The molecule has 1 aromatic heterocycles. The monoisotopic (exact) mass is 352 g/mol. The van der Waals surface area contributed by atoms with Crippen molar-refractivity contribution in [3.05, 3.63) is 71.2 Å². The van der Waals surface area contributed by atoms with Crippen LogP contribution in [0.3, 0.4) is 0 Å². The van der Waals surface area contributed by atoms with E-state index in [0.717, 1.165) is 11.3 Å². The maximum absolute atomic E-state index is 12.7. The summed E-state index contributed by atoms with van der Waals surface area (Å²) in [5.74, 6) is 0.424. The Morgan fingerprint density at radius 1 is 1.12 bits per heavy atom. The Morgan fingerprint density at radius 3 is 2.64 bits per heavy atom. The Labute approximate surface area is 151 Å². The van der Waals surface area contributed by atoms with Crippen LogP contribution in [-0.2, 0) is 5.41 Å². The molecule has 0 aliphatic carbocycles. The normalized spacial score (nSPS) is 11.2. The number of anilines is 1. The number of nitrogens with zero attached hydrogens (tertiary/aromatic N) is 1. The molecule has 4 nitrogen and oxygen atoms in total. The number of nitrogens with one attached hydrogen (secondary N) is 1. The first-order valence-electron chi connectivity index (χ1n) is 8.02. The SMILES string of the molecule is CC(C)(C)c1ccccc1NC(=O)c1cccc(Oc2nccs2)c1. The first-order chi connectivity index (χ1) is 11.9. The number of carbonyl (C=O) groups excluding carboxylic acids is 1. The lowest BCUT2D eigenvalue weighted by Gasteiger charge is -2.23. The minimum Gasteiger partial charge on any atom is -0.431 e. The van der Waals surface area contributed by atoms with Crippen LogP contribution in [0.1, 0.15) is 36.7 Å². The van der Waals surface area contributed by atoms with E-state index in [-0.39, 0.29) is 11.3 Å². The molecule has 25 heavy (non-hydrogen) atoms. The quantitative estimate of drug-likeness (QED) is 0.676. The van der Waals surface area contributed by atoms with Crippen molar-refractivity contribution in [1.82, 2.24) is 4.98 Å². The van der Waals surface area contributed by atoms with E-state index < -0.39 is 0 Å². The van der Waals surface area contributed by atoms with Gasteiger partial charge in [-0.1, -0.05) is 56.4 Å². The topological polar surface area (TPSA) is 51.2 Å². The van der Waals surface area contributed by atoms with Gasteiger partial charge in [0.15, 0.2) is 0 Å². The molecule has 0 aliphatic heterocycles. The Hall–Kier alpha value is -2.66. The zero-order chi connectivity index (χ0) is 17.9. The molecule has 0 radical (unpaired) electrons. The van der Waals surface area contributed by atoms with Crippen LogP contribution in [0.5, 0.6) is 10.9 Å². The van der Waals surface area contributed by atoms with Crippen molar-refractivity contribution in [3.8, 4) is 10.9 Å². The van der Waals surface area contributed by atoms with E-state index in [9.17, 15) is 4.79 Å². The lowest BCUT2D eigenvalue weighted by Crippen LogP contribution is -2.18. The third kappa shape index (κ3) is 4.25. The van der Waals surface area contributed by atoms with Gasteiger partial charge in [0.25, 0.3) is 11.1 Å². The lowest BCUT2D eigenvalue weighted by molar-refractivity contribution is 0.102. The number of rotatable bonds is 4. The molecule has 1 heterocycles. The van der Waals surface area contributed by atoms with Gasteiger partial charge in [0.05, 0.1) is 0 Å². The molecule has 3 aromatic rings. The number of benzene rings is 2. The first kappa shape index (κ1) is 17.2. The molecule has 0 fully saturated rings.